The number of hydrogen-bond donors (Lipinski definition) is 2. The fourth-order valence-corrected chi connectivity index (χ4v) is 3.99. The first kappa shape index (κ1) is 24.0. The van der Waals surface area contributed by atoms with E-state index in [0.717, 1.165) is 6.20 Å². The van der Waals surface area contributed by atoms with Gasteiger partial charge >= 0.3 is 12.1 Å². The highest BCUT2D eigenvalue weighted by Gasteiger charge is 2.61. The molecule has 168 valence electrons. The predicted molar refractivity (Wildman–Crippen MR) is 113 cm³/mol. The van der Waals surface area contributed by atoms with Gasteiger partial charge in [0, 0.05) is 22.2 Å². The van der Waals surface area contributed by atoms with Crippen LogP contribution >= 0.6 is 23.2 Å². The average Bonchev–Trinajstić information content (AvgIpc) is 2.71. The van der Waals surface area contributed by atoms with Crippen LogP contribution in [0.2, 0.25) is 10.0 Å². The Labute approximate surface area is 191 Å². The van der Waals surface area contributed by atoms with E-state index in [9.17, 15) is 23.1 Å². The van der Waals surface area contributed by atoms with E-state index in [1.165, 1.54) is 55.6 Å². The van der Waals surface area contributed by atoms with Gasteiger partial charge in [0.15, 0.2) is 0 Å². The Morgan fingerprint density at radius 2 is 1.75 bits per heavy atom. The summed E-state index contributed by atoms with van der Waals surface area (Å²) in [6.45, 7) is 1.46. The van der Waals surface area contributed by atoms with Crippen LogP contribution in [0.15, 0.2) is 54.9 Å². The molecule has 2 N–H and O–H groups in total. The molecule has 0 fully saturated rings. The van der Waals surface area contributed by atoms with Crippen LogP contribution in [0.3, 0.4) is 0 Å². The van der Waals surface area contributed by atoms with Crippen LogP contribution in [0, 0.1) is 6.92 Å². The van der Waals surface area contributed by atoms with Crippen molar-refractivity contribution < 1.29 is 28.2 Å². The number of aliphatic hydroxyl groups is 1. The Morgan fingerprint density at radius 3 is 2.28 bits per heavy atom. The number of aryl methyl sites for hydroxylation is 1. The molecule has 0 saturated carbocycles. The van der Waals surface area contributed by atoms with Gasteiger partial charge in [-0.3, -0.25) is 9.97 Å². The van der Waals surface area contributed by atoms with Gasteiger partial charge in [-0.1, -0.05) is 41.4 Å². The minimum absolute atomic E-state index is 0.00140. The molecule has 10 heteroatoms. The minimum Gasteiger partial charge on any atom is -0.478 e. The van der Waals surface area contributed by atoms with Crippen LogP contribution in [0.1, 0.15) is 38.8 Å². The number of halogens is 5. The maximum Gasteiger partial charge on any atom is 0.423 e. The van der Waals surface area contributed by atoms with Crippen molar-refractivity contribution >= 4 is 29.2 Å². The van der Waals surface area contributed by atoms with Crippen LogP contribution in [0.5, 0.6) is 0 Å². The summed E-state index contributed by atoms with van der Waals surface area (Å²) in [6, 6.07) is 9.31. The van der Waals surface area contributed by atoms with E-state index >= 15 is 0 Å². The Kier molecular flexibility index (Phi) is 6.78. The van der Waals surface area contributed by atoms with Crippen LogP contribution in [0.25, 0.3) is 0 Å². The molecule has 32 heavy (non-hydrogen) atoms. The Balaban J connectivity index is 2.22. The molecule has 5 nitrogen and oxygen atoms in total. The van der Waals surface area contributed by atoms with Crippen molar-refractivity contribution in [1.82, 2.24) is 9.97 Å². The predicted octanol–water partition coefficient (Wildman–Crippen LogP) is 5.57. The molecular weight excluding hydrogens is 468 g/mol. The van der Waals surface area contributed by atoms with Crippen molar-refractivity contribution in [3.63, 3.8) is 0 Å². The number of alkyl halides is 3. The van der Waals surface area contributed by atoms with Crippen LogP contribution in [-0.2, 0) is 12.0 Å². The van der Waals surface area contributed by atoms with Gasteiger partial charge in [-0.05, 0) is 48.7 Å². The van der Waals surface area contributed by atoms with Gasteiger partial charge in [0.1, 0.15) is 5.69 Å². The maximum absolute atomic E-state index is 14.5. The zero-order valence-corrected chi connectivity index (χ0v) is 18.1. The first-order chi connectivity index (χ1) is 14.9. The number of carboxylic acids is 1. The molecule has 0 amide bonds. The van der Waals surface area contributed by atoms with E-state index in [4.69, 9.17) is 28.3 Å². The fraction of sp³-hybridized carbons (Fsp3) is 0.227. The van der Waals surface area contributed by atoms with Crippen molar-refractivity contribution in [2.75, 3.05) is 0 Å². The van der Waals surface area contributed by atoms with Crippen LogP contribution < -0.4 is 0 Å². The second-order valence-electron chi connectivity index (χ2n) is 7.23. The first-order valence-electron chi connectivity index (χ1n) is 9.29. The summed E-state index contributed by atoms with van der Waals surface area (Å²) in [4.78, 5) is 18.8. The molecule has 1 aromatic heterocycles. The number of carbonyl (C=O) groups is 1. The summed E-state index contributed by atoms with van der Waals surface area (Å²) >= 11 is 12.2. The van der Waals surface area contributed by atoms with Gasteiger partial charge in [0.2, 0.25) is 5.60 Å². The lowest BCUT2D eigenvalue weighted by molar-refractivity contribution is -0.277. The second-order valence-corrected chi connectivity index (χ2v) is 8.08. The number of nitrogens with zero attached hydrogens (tertiary/aromatic N) is 2. The average molecular weight is 485 g/mol. The molecule has 2 unspecified atom stereocenters. The lowest BCUT2D eigenvalue weighted by atomic mass is 9.75. The minimum atomic E-state index is -5.15. The molecule has 2 atom stereocenters. The van der Waals surface area contributed by atoms with E-state index in [-0.39, 0.29) is 33.3 Å². The SMILES string of the molecule is Cc1cncc(C(O)(C(Cc2ccc(C(=O)O)cc2)c2ccc(Cl)cc2Cl)C(F)(F)F)n1. The summed E-state index contributed by atoms with van der Waals surface area (Å²) < 4.78 is 43.4. The number of aromatic nitrogens is 2. The number of aromatic carboxylic acids is 1. The molecule has 0 radical (unpaired) electrons. The maximum atomic E-state index is 14.5. The standard InChI is InChI=1S/C22H17Cl2F3N2O3/c1-12-10-28-11-19(29-12)21(32,22(25,26)27)17(16-7-6-15(23)9-18(16)24)8-13-2-4-14(5-3-13)20(30)31/h2-7,9-11,17,32H,8H2,1H3,(H,30,31). The molecule has 1 heterocycles. The van der Waals surface area contributed by atoms with Gasteiger partial charge in [-0.2, -0.15) is 13.2 Å². The van der Waals surface area contributed by atoms with Crippen molar-refractivity contribution in [3.8, 4) is 0 Å². The smallest absolute Gasteiger partial charge is 0.423 e. The van der Waals surface area contributed by atoms with Crippen molar-refractivity contribution in [2.45, 2.75) is 31.0 Å². The van der Waals surface area contributed by atoms with Crippen molar-refractivity contribution in [1.29, 1.82) is 0 Å². The third kappa shape index (κ3) is 4.72. The van der Waals surface area contributed by atoms with E-state index in [2.05, 4.69) is 9.97 Å². The normalized spacial score (nSPS) is 14.6. The first-order valence-corrected chi connectivity index (χ1v) is 10.0. The molecule has 2 aromatic carbocycles. The zero-order valence-electron chi connectivity index (χ0n) is 16.6. The van der Waals surface area contributed by atoms with Gasteiger partial charge in [-0.15, -0.1) is 0 Å². The van der Waals surface area contributed by atoms with E-state index in [1.54, 1.807) is 0 Å². The zero-order chi connectivity index (χ0) is 23.7. The fourth-order valence-electron chi connectivity index (χ4n) is 3.45. The van der Waals surface area contributed by atoms with Gasteiger partial charge < -0.3 is 10.2 Å². The number of carboxylic acid groups (broad SMARTS) is 1. The molecule has 0 saturated heterocycles. The van der Waals surface area contributed by atoms with E-state index < -0.39 is 29.4 Å². The quantitative estimate of drug-likeness (QED) is 0.478. The van der Waals surface area contributed by atoms with Crippen LogP contribution in [0.4, 0.5) is 13.2 Å². The largest absolute Gasteiger partial charge is 0.478 e. The highest BCUT2D eigenvalue weighted by Crippen LogP contribution is 2.50. The van der Waals surface area contributed by atoms with Crippen LogP contribution in [-0.4, -0.2) is 32.3 Å². The molecule has 0 spiro atoms. The Morgan fingerprint density at radius 1 is 1.09 bits per heavy atom. The molecule has 0 aliphatic rings. The Bertz CT molecular complexity index is 1140. The summed E-state index contributed by atoms with van der Waals surface area (Å²) in [6.07, 6.45) is -3.34. The molecule has 3 aromatic rings. The van der Waals surface area contributed by atoms with Crippen molar-refractivity contribution in [2.24, 2.45) is 0 Å². The highest BCUT2D eigenvalue weighted by atomic mass is 35.5. The van der Waals surface area contributed by atoms with Gasteiger partial charge in [0.25, 0.3) is 0 Å². The van der Waals surface area contributed by atoms with Crippen molar-refractivity contribution in [3.05, 3.63) is 93.0 Å². The number of hydrogen-bond acceptors (Lipinski definition) is 4. The molecule has 0 aliphatic heterocycles. The third-order valence-electron chi connectivity index (χ3n) is 5.06. The Hall–Kier alpha value is -2.68. The number of rotatable bonds is 6. The third-order valence-corrected chi connectivity index (χ3v) is 5.62. The summed E-state index contributed by atoms with van der Waals surface area (Å²) in [5.74, 6) is -2.81. The lowest BCUT2D eigenvalue weighted by Gasteiger charge is -2.38. The summed E-state index contributed by atoms with van der Waals surface area (Å²) in [5.41, 5.74) is -3.60. The van der Waals surface area contributed by atoms with E-state index in [1.807, 2.05) is 0 Å². The topological polar surface area (TPSA) is 83.3 Å². The second kappa shape index (κ2) is 9.05. The molecule has 0 aliphatic carbocycles. The monoisotopic (exact) mass is 484 g/mol. The van der Waals surface area contributed by atoms with Gasteiger partial charge in [-0.25, -0.2) is 4.79 Å². The lowest BCUT2D eigenvalue weighted by Crippen LogP contribution is -2.49. The van der Waals surface area contributed by atoms with Gasteiger partial charge in [0.05, 0.1) is 17.5 Å². The highest BCUT2D eigenvalue weighted by molar-refractivity contribution is 6.35. The summed E-state index contributed by atoms with van der Waals surface area (Å²) in [5, 5.41) is 20.5. The number of benzene rings is 2. The van der Waals surface area contributed by atoms with E-state index in [0.29, 0.717) is 5.56 Å². The molecule has 3 rings (SSSR count). The molecule has 0 bridgehead atoms. The summed E-state index contributed by atoms with van der Waals surface area (Å²) in [7, 11) is 0. The molecular formula is C22H17Cl2F3N2O3.